The van der Waals surface area contributed by atoms with Crippen LogP contribution in [0.2, 0.25) is 0 Å². The van der Waals surface area contributed by atoms with E-state index in [1.165, 1.54) is 31.7 Å². The summed E-state index contributed by atoms with van der Waals surface area (Å²) < 4.78 is 13.9. The van der Waals surface area contributed by atoms with Crippen LogP contribution in [-0.4, -0.2) is 18.4 Å². The van der Waals surface area contributed by atoms with Gasteiger partial charge in [-0.2, -0.15) is 0 Å². The Morgan fingerprint density at radius 1 is 1.33 bits per heavy atom. The minimum atomic E-state index is -0.388. The van der Waals surface area contributed by atoms with Crippen LogP contribution in [0.5, 0.6) is 0 Å². The predicted molar refractivity (Wildman–Crippen MR) is 70.5 cm³/mol. The molecule has 0 aromatic heterocycles. The van der Waals surface area contributed by atoms with Gasteiger partial charge in [0.1, 0.15) is 11.7 Å². The van der Waals surface area contributed by atoms with Gasteiger partial charge in [0.15, 0.2) is 0 Å². The molecule has 0 atom stereocenters. The third-order valence-electron chi connectivity index (χ3n) is 3.71. The van der Waals surface area contributed by atoms with E-state index in [-0.39, 0.29) is 17.2 Å². The molecule has 0 aliphatic heterocycles. The van der Waals surface area contributed by atoms with Gasteiger partial charge < -0.3 is 10.6 Å². The van der Waals surface area contributed by atoms with Gasteiger partial charge in [-0.1, -0.05) is 6.07 Å². The third kappa shape index (κ3) is 2.19. The summed E-state index contributed by atoms with van der Waals surface area (Å²) >= 11 is 0. The summed E-state index contributed by atoms with van der Waals surface area (Å²) in [5.74, 6) is 0.180. The molecule has 0 bridgehead atoms. The monoisotopic (exact) mass is 247 g/mol. The number of nitrogen functional groups attached to an aromatic ring is 1. The maximum absolute atomic E-state index is 13.9. The number of hydrogen-bond donors (Lipinski definition) is 2. The van der Waals surface area contributed by atoms with Crippen molar-refractivity contribution in [3.8, 4) is 0 Å². The smallest absolute Gasteiger partial charge is 0.136 e. The van der Waals surface area contributed by atoms with Gasteiger partial charge in [-0.3, -0.25) is 5.41 Å². The largest absolute Gasteiger partial charge is 0.384 e. The van der Waals surface area contributed by atoms with E-state index in [1.54, 1.807) is 6.07 Å². The van der Waals surface area contributed by atoms with E-state index in [0.717, 1.165) is 18.2 Å². The molecule has 18 heavy (non-hydrogen) atoms. The molecule has 3 rings (SSSR count). The average Bonchev–Trinajstić information content (AvgIpc) is 3.17. The van der Waals surface area contributed by atoms with Crippen LogP contribution >= 0.6 is 0 Å². The highest BCUT2D eigenvalue weighted by atomic mass is 19.1. The molecule has 3 N–H and O–H groups in total. The number of benzene rings is 1. The molecule has 2 fully saturated rings. The zero-order chi connectivity index (χ0) is 12.7. The number of nitrogens with two attached hydrogens (primary N) is 1. The molecule has 0 radical (unpaired) electrons. The first-order valence-corrected chi connectivity index (χ1v) is 6.56. The van der Waals surface area contributed by atoms with Crippen molar-refractivity contribution in [3.05, 3.63) is 29.6 Å². The normalized spacial score (nSPS) is 18.7. The molecule has 0 saturated heterocycles. The number of rotatable bonds is 5. The van der Waals surface area contributed by atoms with E-state index < -0.39 is 0 Å². The van der Waals surface area contributed by atoms with Crippen LogP contribution in [-0.2, 0) is 0 Å². The number of halogens is 1. The summed E-state index contributed by atoms with van der Waals surface area (Å²) in [7, 11) is 0. The average molecular weight is 247 g/mol. The molecule has 1 aromatic rings. The van der Waals surface area contributed by atoms with Gasteiger partial charge in [0.25, 0.3) is 0 Å². The van der Waals surface area contributed by atoms with E-state index in [1.807, 2.05) is 6.07 Å². The van der Waals surface area contributed by atoms with Gasteiger partial charge in [-0.25, -0.2) is 4.39 Å². The second-order valence-corrected chi connectivity index (χ2v) is 5.37. The molecular formula is C14H18FN3. The number of nitrogens with one attached hydrogen (secondary N) is 1. The summed E-state index contributed by atoms with van der Waals surface area (Å²) in [6.07, 6.45) is 4.88. The third-order valence-corrected chi connectivity index (χ3v) is 3.71. The number of amidine groups is 1. The molecule has 0 amide bonds. The quantitative estimate of drug-likeness (QED) is 0.620. The maximum Gasteiger partial charge on any atom is 0.136 e. The Bertz CT molecular complexity index is 478. The van der Waals surface area contributed by atoms with Gasteiger partial charge in [0, 0.05) is 12.6 Å². The second kappa shape index (κ2) is 4.26. The van der Waals surface area contributed by atoms with Crippen molar-refractivity contribution in [1.29, 1.82) is 5.41 Å². The highest BCUT2D eigenvalue weighted by Crippen LogP contribution is 2.39. The molecule has 0 spiro atoms. The first-order chi connectivity index (χ1) is 8.66. The second-order valence-electron chi connectivity index (χ2n) is 5.37. The summed E-state index contributed by atoms with van der Waals surface area (Å²) in [6.45, 7) is 0.981. The van der Waals surface area contributed by atoms with E-state index in [2.05, 4.69) is 4.90 Å². The Hall–Kier alpha value is -1.58. The van der Waals surface area contributed by atoms with E-state index >= 15 is 0 Å². The highest BCUT2D eigenvalue weighted by molar-refractivity contribution is 6.00. The van der Waals surface area contributed by atoms with Gasteiger partial charge in [-0.15, -0.1) is 0 Å². The van der Waals surface area contributed by atoms with Crippen LogP contribution < -0.4 is 10.6 Å². The SMILES string of the molecule is N=C(N)c1c(F)cccc1N(CC1CC1)C1CC1. The zero-order valence-electron chi connectivity index (χ0n) is 10.3. The Balaban J connectivity index is 1.96. The summed E-state index contributed by atoms with van der Waals surface area (Å²) in [5, 5.41) is 7.58. The fourth-order valence-electron chi connectivity index (χ4n) is 2.43. The first kappa shape index (κ1) is 11.5. The topological polar surface area (TPSA) is 53.1 Å². The fraction of sp³-hybridized carbons (Fsp3) is 0.500. The standard InChI is InChI=1S/C14H18FN3/c15-11-2-1-3-12(13(11)14(16)17)18(10-6-7-10)8-9-4-5-9/h1-3,9-10H,4-8H2,(H3,16,17). The predicted octanol–water partition coefficient (Wildman–Crippen LogP) is 2.49. The van der Waals surface area contributed by atoms with Crippen LogP contribution in [0.25, 0.3) is 0 Å². The van der Waals surface area contributed by atoms with Crippen molar-refractivity contribution in [2.24, 2.45) is 11.7 Å². The van der Waals surface area contributed by atoms with Crippen molar-refractivity contribution in [1.82, 2.24) is 0 Å². The van der Waals surface area contributed by atoms with Gasteiger partial charge >= 0.3 is 0 Å². The maximum atomic E-state index is 13.9. The molecule has 96 valence electrons. The van der Waals surface area contributed by atoms with E-state index in [4.69, 9.17) is 11.1 Å². The van der Waals surface area contributed by atoms with Crippen molar-refractivity contribution >= 4 is 11.5 Å². The Kier molecular flexibility index (Phi) is 2.73. The van der Waals surface area contributed by atoms with Crippen LogP contribution in [0.4, 0.5) is 10.1 Å². The molecule has 0 heterocycles. The summed E-state index contributed by atoms with van der Waals surface area (Å²) in [4.78, 5) is 2.26. The van der Waals surface area contributed by atoms with Crippen molar-refractivity contribution in [2.75, 3.05) is 11.4 Å². The number of hydrogen-bond acceptors (Lipinski definition) is 2. The molecule has 2 saturated carbocycles. The number of nitrogens with zero attached hydrogens (tertiary/aromatic N) is 1. The molecule has 4 heteroatoms. The van der Waals surface area contributed by atoms with E-state index in [0.29, 0.717) is 6.04 Å². The van der Waals surface area contributed by atoms with Crippen LogP contribution in [0.1, 0.15) is 31.2 Å². The van der Waals surface area contributed by atoms with Crippen molar-refractivity contribution < 1.29 is 4.39 Å². The van der Waals surface area contributed by atoms with Crippen LogP contribution in [0.3, 0.4) is 0 Å². The molecule has 1 aromatic carbocycles. The molecule has 2 aliphatic carbocycles. The van der Waals surface area contributed by atoms with Gasteiger partial charge in [0.2, 0.25) is 0 Å². The summed E-state index contributed by atoms with van der Waals surface area (Å²) in [5.41, 5.74) is 6.61. The lowest BCUT2D eigenvalue weighted by molar-refractivity contribution is 0.621. The minimum Gasteiger partial charge on any atom is -0.384 e. The van der Waals surface area contributed by atoms with Crippen molar-refractivity contribution in [3.63, 3.8) is 0 Å². The molecule has 2 aliphatic rings. The van der Waals surface area contributed by atoms with Gasteiger partial charge in [0.05, 0.1) is 11.3 Å². The Labute approximate surface area is 106 Å². The summed E-state index contributed by atoms with van der Waals surface area (Å²) in [6, 6.07) is 5.49. The molecule has 0 unspecified atom stereocenters. The first-order valence-electron chi connectivity index (χ1n) is 6.56. The van der Waals surface area contributed by atoms with Gasteiger partial charge in [-0.05, 0) is 43.7 Å². The zero-order valence-corrected chi connectivity index (χ0v) is 10.3. The lowest BCUT2D eigenvalue weighted by atomic mass is 10.1. The van der Waals surface area contributed by atoms with Crippen molar-refractivity contribution in [2.45, 2.75) is 31.7 Å². The molecule has 3 nitrogen and oxygen atoms in total. The lowest BCUT2D eigenvalue weighted by Gasteiger charge is -2.27. The van der Waals surface area contributed by atoms with E-state index in [9.17, 15) is 4.39 Å². The Morgan fingerprint density at radius 2 is 2.06 bits per heavy atom. The lowest BCUT2D eigenvalue weighted by Crippen LogP contribution is -2.31. The minimum absolute atomic E-state index is 0.176. The molecular weight excluding hydrogens is 229 g/mol. The van der Waals surface area contributed by atoms with Crippen LogP contribution in [0.15, 0.2) is 18.2 Å². The fourth-order valence-corrected chi connectivity index (χ4v) is 2.43. The number of anilines is 1. The Morgan fingerprint density at radius 3 is 2.61 bits per heavy atom. The van der Waals surface area contributed by atoms with Crippen LogP contribution in [0, 0.1) is 17.1 Å². The highest BCUT2D eigenvalue weighted by Gasteiger charge is 2.35.